The molecule has 0 saturated heterocycles. The van der Waals surface area contributed by atoms with Gasteiger partial charge in [-0.1, -0.05) is 19.1 Å². The zero-order chi connectivity index (χ0) is 18.8. The summed E-state index contributed by atoms with van der Waals surface area (Å²) in [7, 11) is 0. The summed E-state index contributed by atoms with van der Waals surface area (Å²) in [6, 6.07) is 9.74. The molecular formula is C16H19O7PS. The fourth-order valence-corrected chi connectivity index (χ4v) is 4.45. The van der Waals surface area contributed by atoms with Crippen LogP contribution in [0, 0.1) is 0 Å². The lowest BCUT2D eigenvalue weighted by Crippen LogP contribution is -2.27. The van der Waals surface area contributed by atoms with Gasteiger partial charge in [-0.15, -0.1) is 0 Å². The van der Waals surface area contributed by atoms with Crippen molar-refractivity contribution >= 4 is 18.2 Å². The molecule has 2 rings (SSSR count). The van der Waals surface area contributed by atoms with Gasteiger partial charge in [0.2, 0.25) is 0 Å². The second-order valence-electron chi connectivity index (χ2n) is 5.78. The first-order chi connectivity index (χ1) is 11.5. The normalized spacial score (nSPS) is 13.6. The van der Waals surface area contributed by atoms with Crippen molar-refractivity contribution in [1.82, 2.24) is 0 Å². The molecule has 0 aliphatic rings. The Morgan fingerprint density at radius 2 is 1.60 bits per heavy atom. The highest BCUT2D eigenvalue weighted by molar-refractivity contribution is 8.54. The Bertz CT molecular complexity index is 786. The van der Waals surface area contributed by atoms with Crippen LogP contribution in [-0.4, -0.2) is 30.2 Å². The summed E-state index contributed by atoms with van der Waals surface area (Å²) in [6.07, 6.45) is -0.185. The molecule has 0 fully saturated rings. The maximum atomic E-state index is 11.2. The van der Waals surface area contributed by atoms with Crippen LogP contribution in [0.5, 0.6) is 11.5 Å². The highest BCUT2D eigenvalue weighted by Crippen LogP contribution is 2.56. The van der Waals surface area contributed by atoms with Gasteiger partial charge in [0.25, 0.3) is 0 Å². The van der Waals surface area contributed by atoms with E-state index in [2.05, 4.69) is 0 Å². The average Bonchev–Trinajstić information content (AvgIpc) is 2.48. The van der Waals surface area contributed by atoms with Gasteiger partial charge in [0.1, 0.15) is 11.5 Å². The number of phenolic OH excluding ortho intramolecular Hbond substituents is 2. The molecule has 0 bridgehead atoms. The monoisotopic (exact) mass is 386 g/mol. The van der Waals surface area contributed by atoms with E-state index in [1.165, 1.54) is 24.3 Å². The summed E-state index contributed by atoms with van der Waals surface area (Å²) in [5.74, 6) is -2.93. The van der Waals surface area contributed by atoms with Crippen LogP contribution in [0.4, 0.5) is 0 Å². The van der Waals surface area contributed by atoms with E-state index < -0.39 is 12.6 Å². The fraction of sp³-hybridized carbons (Fsp3) is 0.250. The number of aromatic hydroxyl groups is 2. The zero-order valence-electron chi connectivity index (χ0n) is 13.3. The third-order valence-corrected chi connectivity index (χ3v) is 5.76. The number of phenols is 2. The highest BCUT2D eigenvalue weighted by Gasteiger charge is 2.33. The molecule has 0 heterocycles. The van der Waals surface area contributed by atoms with Crippen LogP contribution in [0.15, 0.2) is 47.4 Å². The van der Waals surface area contributed by atoms with E-state index in [4.69, 9.17) is 9.79 Å². The summed E-state index contributed by atoms with van der Waals surface area (Å²) in [6.45, 7) is -2.77. The van der Waals surface area contributed by atoms with Gasteiger partial charge in [-0.3, -0.25) is 0 Å². The summed E-state index contributed by atoms with van der Waals surface area (Å²) < 4.78 is 11.2. The maximum absolute atomic E-state index is 11.2. The highest BCUT2D eigenvalue weighted by atomic mass is 32.7. The zero-order valence-corrected chi connectivity index (χ0v) is 15.0. The number of rotatable bonds is 6. The van der Waals surface area contributed by atoms with Crippen LogP contribution in [0.25, 0.3) is 0 Å². The Balaban J connectivity index is 2.33. The largest absolute Gasteiger partial charge is 0.508 e. The van der Waals surface area contributed by atoms with Crippen molar-refractivity contribution in [2.75, 3.05) is 0 Å². The number of aliphatic hydroxyl groups is 2. The average molecular weight is 386 g/mol. The minimum Gasteiger partial charge on any atom is -0.508 e. The van der Waals surface area contributed by atoms with Crippen LogP contribution in [0.1, 0.15) is 30.4 Å². The maximum Gasteiger partial charge on any atom is 0.388 e. The minimum absolute atomic E-state index is 0.0333. The molecule has 9 heteroatoms. The van der Waals surface area contributed by atoms with Gasteiger partial charge < -0.3 is 30.2 Å². The Morgan fingerprint density at radius 1 is 1.04 bits per heavy atom. The first-order valence-corrected chi connectivity index (χ1v) is 10.3. The minimum atomic E-state index is -4.51. The summed E-state index contributed by atoms with van der Waals surface area (Å²) in [5, 5.41) is 40.0. The van der Waals surface area contributed by atoms with Gasteiger partial charge in [-0.2, -0.15) is 0 Å². The third kappa shape index (κ3) is 5.47. The molecule has 25 heavy (non-hydrogen) atoms. The van der Waals surface area contributed by atoms with Gasteiger partial charge in [-0.25, -0.2) is 4.57 Å². The van der Waals surface area contributed by atoms with Crippen molar-refractivity contribution in [2.24, 2.45) is 0 Å². The van der Waals surface area contributed by atoms with E-state index in [0.717, 1.165) is 11.6 Å². The van der Waals surface area contributed by atoms with E-state index in [0.29, 0.717) is 0 Å². The Hall–Kier alpha value is -1.54. The van der Waals surface area contributed by atoms with Crippen molar-refractivity contribution in [3.8, 4) is 11.5 Å². The second-order valence-corrected chi connectivity index (χ2v) is 9.35. The van der Waals surface area contributed by atoms with Gasteiger partial charge in [0, 0.05) is 16.9 Å². The molecule has 0 aliphatic heterocycles. The first-order valence-electron chi connectivity index (χ1n) is 7.30. The summed E-state index contributed by atoms with van der Waals surface area (Å²) in [5.41, 5.74) is 0.557. The molecule has 2 aromatic carbocycles. The van der Waals surface area contributed by atoms with Gasteiger partial charge >= 0.3 is 6.80 Å². The molecule has 0 radical (unpaired) electrons. The molecule has 0 aromatic heterocycles. The molecule has 0 saturated carbocycles. The van der Waals surface area contributed by atoms with Crippen molar-refractivity contribution < 1.29 is 34.8 Å². The molecule has 2 aromatic rings. The Labute approximate surface area is 148 Å². The third-order valence-electron chi connectivity index (χ3n) is 3.66. The number of benzene rings is 2. The van der Waals surface area contributed by atoms with Crippen molar-refractivity contribution in [2.45, 2.75) is 29.9 Å². The summed E-state index contributed by atoms with van der Waals surface area (Å²) >= 11 is 0.190. The SMILES string of the molecule is CC(CC(O)(O)c1cc(O)ccc1SP(=O)(O)O)c1ccc(O)cc1. The van der Waals surface area contributed by atoms with Crippen molar-refractivity contribution in [1.29, 1.82) is 0 Å². The summed E-state index contributed by atoms with van der Waals surface area (Å²) in [4.78, 5) is 18.2. The van der Waals surface area contributed by atoms with Crippen molar-refractivity contribution in [3.63, 3.8) is 0 Å². The van der Waals surface area contributed by atoms with Crippen LogP contribution in [0.2, 0.25) is 0 Å². The number of hydrogen-bond acceptors (Lipinski definition) is 6. The van der Waals surface area contributed by atoms with Crippen LogP contribution < -0.4 is 0 Å². The van der Waals surface area contributed by atoms with E-state index in [1.807, 2.05) is 0 Å². The molecule has 1 unspecified atom stereocenters. The van der Waals surface area contributed by atoms with E-state index in [-0.39, 0.29) is 45.7 Å². The predicted octanol–water partition coefficient (Wildman–Crippen LogP) is 2.61. The topological polar surface area (TPSA) is 138 Å². The van der Waals surface area contributed by atoms with E-state index in [9.17, 15) is 25.0 Å². The quantitative estimate of drug-likeness (QED) is 0.329. The molecule has 0 amide bonds. The predicted molar refractivity (Wildman–Crippen MR) is 93.3 cm³/mol. The Morgan fingerprint density at radius 3 is 2.16 bits per heavy atom. The van der Waals surface area contributed by atoms with Crippen LogP contribution in [0.3, 0.4) is 0 Å². The fourth-order valence-electron chi connectivity index (χ4n) is 2.50. The molecule has 6 N–H and O–H groups in total. The second kappa shape index (κ2) is 7.37. The smallest absolute Gasteiger partial charge is 0.388 e. The molecule has 136 valence electrons. The van der Waals surface area contributed by atoms with Crippen molar-refractivity contribution in [3.05, 3.63) is 53.6 Å². The lowest BCUT2D eigenvalue weighted by molar-refractivity contribution is -0.179. The molecular weight excluding hydrogens is 367 g/mol. The standard InChI is InChI=1S/C16H19O7PS/c1-10(11-2-4-12(17)5-3-11)9-16(19,20)14-8-13(18)6-7-15(14)25-24(21,22)23/h2-8,10,17-20H,9H2,1H3,(H2,21,22,23). The molecule has 7 nitrogen and oxygen atoms in total. The molecule has 1 atom stereocenters. The van der Waals surface area contributed by atoms with Gasteiger partial charge in [-0.05, 0) is 53.2 Å². The van der Waals surface area contributed by atoms with Crippen LogP contribution >= 0.6 is 18.2 Å². The van der Waals surface area contributed by atoms with E-state index >= 15 is 0 Å². The lowest BCUT2D eigenvalue weighted by Gasteiger charge is -2.28. The van der Waals surface area contributed by atoms with Gasteiger partial charge in [0.15, 0.2) is 5.79 Å². The van der Waals surface area contributed by atoms with Gasteiger partial charge in [0.05, 0.1) is 0 Å². The van der Waals surface area contributed by atoms with E-state index in [1.54, 1.807) is 19.1 Å². The number of hydrogen-bond donors (Lipinski definition) is 6. The van der Waals surface area contributed by atoms with Crippen LogP contribution in [-0.2, 0) is 10.4 Å². The first kappa shape index (κ1) is 19.8. The molecule has 0 aliphatic carbocycles. The lowest BCUT2D eigenvalue weighted by atomic mass is 9.89. The Kier molecular flexibility index (Phi) is 5.83. The molecule has 0 spiro atoms.